The average Bonchev–Trinajstić information content (AvgIpc) is 2.97. The first-order chi connectivity index (χ1) is 11.6. The molecule has 0 spiro atoms. The van der Waals surface area contributed by atoms with Crippen LogP contribution in [0.1, 0.15) is 0 Å². The van der Waals surface area contributed by atoms with Crippen LogP contribution in [0.3, 0.4) is 0 Å². The lowest BCUT2D eigenvalue weighted by Gasteiger charge is -2.04. The molecule has 118 valence electrons. The summed E-state index contributed by atoms with van der Waals surface area (Å²) in [6.07, 6.45) is 1.86. The van der Waals surface area contributed by atoms with Gasteiger partial charge in [-0.05, 0) is 42.5 Å². The number of fused-ring (bicyclic) bond motifs is 1. The van der Waals surface area contributed by atoms with Crippen molar-refractivity contribution in [1.82, 2.24) is 9.38 Å². The molecule has 0 atom stereocenters. The topological polar surface area (TPSA) is 57.8 Å². The Balaban J connectivity index is 2.06. The average molecular weight is 337 g/mol. The van der Waals surface area contributed by atoms with E-state index in [1.807, 2.05) is 40.9 Å². The van der Waals surface area contributed by atoms with Crippen molar-refractivity contribution in [2.24, 2.45) is 0 Å². The molecule has 2 aromatic heterocycles. The SMILES string of the molecule is Oc1ccccc1-c1nc(-c2cc(Cl)ccc2O)n2ccccc12. The molecule has 4 aromatic rings. The number of aromatic hydroxyl groups is 2. The number of imidazole rings is 1. The van der Waals surface area contributed by atoms with Crippen molar-refractivity contribution in [3.8, 4) is 34.1 Å². The third-order valence-electron chi connectivity index (χ3n) is 3.91. The van der Waals surface area contributed by atoms with Crippen LogP contribution in [0, 0.1) is 0 Å². The Morgan fingerprint density at radius 1 is 0.833 bits per heavy atom. The van der Waals surface area contributed by atoms with Crippen LogP contribution in [0.4, 0.5) is 0 Å². The third-order valence-corrected chi connectivity index (χ3v) is 4.14. The molecule has 0 radical (unpaired) electrons. The minimum absolute atomic E-state index is 0.0963. The largest absolute Gasteiger partial charge is 0.507 e. The highest BCUT2D eigenvalue weighted by molar-refractivity contribution is 6.30. The van der Waals surface area contributed by atoms with Gasteiger partial charge in [-0.15, -0.1) is 0 Å². The van der Waals surface area contributed by atoms with E-state index >= 15 is 0 Å². The lowest BCUT2D eigenvalue weighted by atomic mass is 10.1. The lowest BCUT2D eigenvalue weighted by Crippen LogP contribution is -1.89. The molecule has 2 aromatic carbocycles. The number of phenols is 2. The van der Waals surface area contributed by atoms with E-state index < -0.39 is 0 Å². The Bertz CT molecular complexity index is 1060. The van der Waals surface area contributed by atoms with E-state index in [4.69, 9.17) is 11.6 Å². The van der Waals surface area contributed by atoms with Crippen molar-refractivity contribution in [2.45, 2.75) is 0 Å². The predicted molar refractivity (Wildman–Crippen MR) is 94.4 cm³/mol. The molecule has 4 nitrogen and oxygen atoms in total. The molecular formula is C19H13ClN2O2. The van der Waals surface area contributed by atoms with Crippen LogP contribution in [0.25, 0.3) is 28.2 Å². The summed E-state index contributed by atoms with van der Waals surface area (Å²) in [6, 6.07) is 17.6. The van der Waals surface area contributed by atoms with Gasteiger partial charge < -0.3 is 10.2 Å². The normalized spacial score (nSPS) is 11.0. The first-order valence-corrected chi connectivity index (χ1v) is 7.77. The molecule has 0 saturated heterocycles. The zero-order valence-electron chi connectivity index (χ0n) is 12.5. The van der Waals surface area contributed by atoms with Gasteiger partial charge in [-0.25, -0.2) is 4.98 Å². The second kappa shape index (κ2) is 5.58. The molecule has 0 saturated carbocycles. The summed E-state index contributed by atoms with van der Waals surface area (Å²) in [7, 11) is 0. The van der Waals surface area contributed by atoms with Crippen LogP contribution in [-0.4, -0.2) is 19.6 Å². The maximum atomic E-state index is 10.2. The fraction of sp³-hybridized carbons (Fsp3) is 0. The smallest absolute Gasteiger partial charge is 0.149 e. The van der Waals surface area contributed by atoms with Crippen molar-refractivity contribution in [3.05, 3.63) is 71.9 Å². The van der Waals surface area contributed by atoms with Crippen LogP contribution < -0.4 is 0 Å². The fourth-order valence-electron chi connectivity index (χ4n) is 2.79. The third kappa shape index (κ3) is 2.28. The van der Waals surface area contributed by atoms with Gasteiger partial charge in [0.1, 0.15) is 23.0 Å². The van der Waals surface area contributed by atoms with Gasteiger partial charge in [0.2, 0.25) is 0 Å². The molecule has 0 aliphatic heterocycles. The number of hydrogen-bond donors (Lipinski definition) is 2. The summed E-state index contributed by atoms with van der Waals surface area (Å²) in [5, 5.41) is 20.9. The van der Waals surface area contributed by atoms with E-state index in [0.717, 1.165) is 5.52 Å². The summed E-state index contributed by atoms with van der Waals surface area (Å²) in [4.78, 5) is 4.68. The lowest BCUT2D eigenvalue weighted by molar-refractivity contribution is 0.477. The van der Waals surface area contributed by atoms with Gasteiger partial charge in [-0.2, -0.15) is 0 Å². The number of benzene rings is 2. The Morgan fingerprint density at radius 3 is 2.42 bits per heavy atom. The highest BCUT2D eigenvalue weighted by Gasteiger charge is 2.18. The molecule has 24 heavy (non-hydrogen) atoms. The Labute approximate surface area is 143 Å². The molecule has 0 aliphatic rings. The monoisotopic (exact) mass is 336 g/mol. The molecule has 0 aliphatic carbocycles. The number of para-hydroxylation sites is 1. The number of pyridine rings is 1. The van der Waals surface area contributed by atoms with E-state index in [2.05, 4.69) is 4.98 Å². The van der Waals surface area contributed by atoms with Crippen LogP contribution in [0.15, 0.2) is 66.9 Å². The van der Waals surface area contributed by atoms with Gasteiger partial charge in [0, 0.05) is 16.8 Å². The predicted octanol–water partition coefficient (Wildman–Crippen LogP) is 4.73. The number of nitrogens with zero attached hydrogens (tertiary/aromatic N) is 2. The zero-order valence-corrected chi connectivity index (χ0v) is 13.3. The molecule has 0 unspecified atom stereocenters. The van der Waals surface area contributed by atoms with Crippen molar-refractivity contribution in [1.29, 1.82) is 0 Å². The summed E-state index contributed by atoms with van der Waals surface area (Å²) in [6.45, 7) is 0. The summed E-state index contributed by atoms with van der Waals surface area (Å²) >= 11 is 6.08. The van der Waals surface area contributed by atoms with Gasteiger partial charge in [0.25, 0.3) is 0 Å². The zero-order chi connectivity index (χ0) is 16.7. The maximum absolute atomic E-state index is 10.2. The maximum Gasteiger partial charge on any atom is 0.149 e. The quantitative estimate of drug-likeness (QED) is 0.556. The molecule has 5 heteroatoms. The van der Waals surface area contributed by atoms with Crippen molar-refractivity contribution in [3.63, 3.8) is 0 Å². The van der Waals surface area contributed by atoms with Gasteiger partial charge in [0.15, 0.2) is 0 Å². The number of aromatic nitrogens is 2. The summed E-state index contributed by atoms with van der Waals surface area (Å²) < 4.78 is 1.87. The summed E-state index contributed by atoms with van der Waals surface area (Å²) in [5.74, 6) is 0.811. The fourth-order valence-corrected chi connectivity index (χ4v) is 2.96. The van der Waals surface area contributed by atoms with Crippen LogP contribution in [0.2, 0.25) is 5.02 Å². The first-order valence-electron chi connectivity index (χ1n) is 7.39. The number of rotatable bonds is 2. The van der Waals surface area contributed by atoms with Crippen LogP contribution in [-0.2, 0) is 0 Å². The van der Waals surface area contributed by atoms with E-state index in [0.29, 0.717) is 27.7 Å². The van der Waals surface area contributed by atoms with Gasteiger partial charge in [-0.1, -0.05) is 29.8 Å². The van der Waals surface area contributed by atoms with E-state index in [9.17, 15) is 10.2 Å². The minimum Gasteiger partial charge on any atom is -0.507 e. The molecule has 0 amide bonds. The standard InChI is InChI=1S/C19H13ClN2O2/c20-12-8-9-17(24)14(11-12)19-21-18(13-5-1-2-7-16(13)23)15-6-3-4-10-22(15)19/h1-11,23-24H. The van der Waals surface area contributed by atoms with Crippen LogP contribution in [0.5, 0.6) is 11.5 Å². The molecule has 4 rings (SSSR count). The molecular weight excluding hydrogens is 324 g/mol. The highest BCUT2D eigenvalue weighted by Crippen LogP contribution is 2.37. The van der Waals surface area contributed by atoms with E-state index in [1.54, 1.807) is 30.3 Å². The van der Waals surface area contributed by atoms with Crippen molar-refractivity contribution < 1.29 is 10.2 Å². The van der Waals surface area contributed by atoms with Crippen molar-refractivity contribution in [2.75, 3.05) is 0 Å². The summed E-state index contributed by atoms with van der Waals surface area (Å²) in [5.41, 5.74) is 2.63. The number of phenolic OH excluding ortho intramolecular Hbond substituents is 2. The number of halogens is 1. The first kappa shape index (κ1) is 14.6. The van der Waals surface area contributed by atoms with E-state index in [1.165, 1.54) is 0 Å². The van der Waals surface area contributed by atoms with Gasteiger partial charge in [0.05, 0.1) is 11.1 Å². The van der Waals surface area contributed by atoms with Crippen LogP contribution >= 0.6 is 11.6 Å². The van der Waals surface area contributed by atoms with Gasteiger partial charge >= 0.3 is 0 Å². The Kier molecular flexibility index (Phi) is 3.40. The molecule has 0 fully saturated rings. The van der Waals surface area contributed by atoms with E-state index in [-0.39, 0.29) is 11.5 Å². The second-order valence-corrected chi connectivity index (χ2v) is 5.85. The molecule has 2 heterocycles. The minimum atomic E-state index is 0.0963. The highest BCUT2D eigenvalue weighted by atomic mass is 35.5. The Morgan fingerprint density at radius 2 is 1.58 bits per heavy atom. The Hall–Kier alpha value is -2.98. The molecule has 2 N–H and O–H groups in total. The number of hydrogen-bond acceptors (Lipinski definition) is 3. The second-order valence-electron chi connectivity index (χ2n) is 5.42. The molecule has 0 bridgehead atoms. The van der Waals surface area contributed by atoms with Crippen molar-refractivity contribution >= 4 is 17.1 Å². The van der Waals surface area contributed by atoms with Gasteiger partial charge in [-0.3, -0.25) is 4.40 Å².